The molecule has 0 aromatic heterocycles. The van der Waals surface area contributed by atoms with Gasteiger partial charge in [-0.25, -0.2) is 0 Å². The molecule has 0 aliphatic carbocycles. The second-order valence-corrected chi connectivity index (χ2v) is 2.47. The van der Waals surface area contributed by atoms with Crippen molar-refractivity contribution in [1.82, 2.24) is 0 Å². The third-order valence-electron chi connectivity index (χ3n) is 1.60. The van der Waals surface area contributed by atoms with Crippen LogP contribution < -0.4 is 5.73 Å². The van der Waals surface area contributed by atoms with E-state index in [-0.39, 0.29) is 0 Å². The van der Waals surface area contributed by atoms with Crippen LogP contribution in [-0.4, -0.2) is 0 Å². The molecule has 0 atom stereocenters. The van der Waals surface area contributed by atoms with Crippen LogP contribution in [0.15, 0.2) is 35.6 Å². The van der Waals surface area contributed by atoms with E-state index in [4.69, 9.17) is 5.73 Å². The van der Waals surface area contributed by atoms with Crippen molar-refractivity contribution >= 4 is 0 Å². The van der Waals surface area contributed by atoms with Gasteiger partial charge in [-0.3, -0.25) is 0 Å². The van der Waals surface area contributed by atoms with Crippen LogP contribution in [0.2, 0.25) is 0 Å². The molecule has 0 saturated carbocycles. The molecule has 0 aliphatic heterocycles. The number of hydrogen-bond acceptors (Lipinski definition) is 1. The number of rotatable bonds is 3. The molecule has 0 heterocycles. The highest BCUT2D eigenvalue weighted by Gasteiger charge is 1.87. The van der Waals surface area contributed by atoms with Crippen LogP contribution >= 0.6 is 0 Å². The fourth-order valence-electron chi connectivity index (χ4n) is 0.617. The summed E-state index contributed by atoms with van der Waals surface area (Å²) in [5, 5.41) is 0. The van der Waals surface area contributed by atoms with E-state index >= 15 is 0 Å². The highest BCUT2D eigenvalue weighted by atomic mass is 14.6. The topological polar surface area (TPSA) is 26.0 Å². The van der Waals surface area contributed by atoms with E-state index in [9.17, 15) is 0 Å². The molecule has 2 N–H and O–H groups in total. The van der Waals surface area contributed by atoms with E-state index in [0.29, 0.717) is 0 Å². The Morgan fingerprint density at radius 2 is 2.00 bits per heavy atom. The van der Waals surface area contributed by atoms with Crippen molar-refractivity contribution in [2.45, 2.75) is 27.2 Å². The molecule has 0 aromatic carbocycles. The first-order chi connectivity index (χ1) is 5.22. The van der Waals surface area contributed by atoms with Gasteiger partial charge in [0.25, 0.3) is 0 Å². The van der Waals surface area contributed by atoms with Crippen molar-refractivity contribution in [3.05, 3.63) is 35.6 Å². The molecular weight excluding hydrogens is 134 g/mol. The van der Waals surface area contributed by atoms with Gasteiger partial charge in [0.1, 0.15) is 0 Å². The second-order valence-electron chi connectivity index (χ2n) is 2.47. The first kappa shape index (κ1) is 10.0. The summed E-state index contributed by atoms with van der Waals surface area (Å²) < 4.78 is 0. The van der Waals surface area contributed by atoms with E-state index in [1.54, 1.807) is 0 Å². The van der Waals surface area contributed by atoms with E-state index in [0.717, 1.165) is 12.1 Å². The van der Waals surface area contributed by atoms with Crippen LogP contribution in [0.3, 0.4) is 0 Å². The Hall–Kier alpha value is -0.980. The van der Waals surface area contributed by atoms with E-state index < -0.39 is 0 Å². The van der Waals surface area contributed by atoms with Crippen molar-refractivity contribution in [2.75, 3.05) is 0 Å². The summed E-state index contributed by atoms with van der Waals surface area (Å²) in [6, 6.07) is 0. The molecule has 0 aromatic rings. The first-order valence-corrected chi connectivity index (χ1v) is 3.97. The van der Waals surface area contributed by atoms with Gasteiger partial charge < -0.3 is 5.73 Å². The van der Waals surface area contributed by atoms with Gasteiger partial charge in [-0.15, -0.1) is 0 Å². The molecule has 0 fully saturated rings. The predicted octanol–water partition coefficient (Wildman–Crippen LogP) is 2.76. The summed E-state index contributed by atoms with van der Waals surface area (Å²) in [7, 11) is 0. The van der Waals surface area contributed by atoms with Crippen LogP contribution in [-0.2, 0) is 0 Å². The lowest BCUT2D eigenvalue weighted by Crippen LogP contribution is -1.96. The van der Waals surface area contributed by atoms with Gasteiger partial charge in [0.05, 0.1) is 0 Å². The maximum atomic E-state index is 5.73. The molecule has 1 nitrogen and oxygen atoms in total. The Balaban J connectivity index is 4.14. The van der Waals surface area contributed by atoms with E-state index in [2.05, 4.69) is 13.8 Å². The normalized spacial score (nSPS) is 14.5. The van der Waals surface area contributed by atoms with Gasteiger partial charge in [0.2, 0.25) is 0 Å². The maximum absolute atomic E-state index is 5.73. The Morgan fingerprint density at radius 1 is 1.36 bits per heavy atom. The molecule has 0 unspecified atom stereocenters. The van der Waals surface area contributed by atoms with Gasteiger partial charge in [0, 0.05) is 5.70 Å². The van der Waals surface area contributed by atoms with Crippen molar-refractivity contribution in [1.29, 1.82) is 0 Å². The Labute approximate surface area is 69.3 Å². The smallest absolute Gasteiger partial charge is 0.0302 e. The quantitative estimate of drug-likeness (QED) is 0.617. The van der Waals surface area contributed by atoms with Gasteiger partial charge in [-0.2, -0.15) is 0 Å². The monoisotopic (exact) mass is 151 g/mol. The maximum Gasteiger partial charge on any atom is 0.0302 e. The van der Waals surface area contributed by atoms with Crippen LogP contribution in [0.25, 0.3) is 0 Å². The standard InChI is InChI=1S/C10H17N/c1-4-6-7-8-10(11)9(3)5-2/h4,6-8H,5,11H2,1-3H3/b6-4-,8-7-,10-9-. The molecule has 0 rings (SSSR count). The van der Waals surface area contributed by atoms with Gasteiger partial charge in [-0.05, 0) is 26.3 Å². The summed E-state index contributed by atoms with van der Waals surface area (Å²) in [6.45, 7) is 6.14. The minimum atomic E-state index is 0.880. The molecule has 11 heavy (non-hydrogen) atoms. The fourth-order valence-corrected chi connectivity index (χ4v) is 0.617. The molecule has 0 amide bonds. The first-order valence-electron chi connectivity index (χ1n) is 3.97. The third-order valence-corrected chi connectivity index (χ3v) is 1.60. The number of allylic oxidation sites excluding steroid dienone is 5. The predicted molar refractivity (Wildman–Crippen MR) is 51.1 cm³/mol. The molecule has 0 aliphatic rings. The minimum absolute atomic E-state index is 0.880. The van der Waals surface area contributed by atoms with Gasteiger partial charge in [-0.1, -0.05) is 30.7 Å². The van der Waals surface area contributed by atoms with Crippen molar-refractivity contribution in [3.63, 3.8) is 0 Å². The number of hydrogen-bond donors (Lipinski definition) is 1. The molecule has 0 radical (unpaired) electrons. The average molecular weight is 151 g/mol. The van der Waals surface area contributed by atoms with Crippen LogP contribution in [0.5, 0.6) is 0 Å². The molecule has 62 valence electrons. The second kappa shape index (κ2) is 5.78. The number of nitrogens with two attached hydrogens (primary N) is 1. The Bertz CT molecular complexity index is 185. The SMILES string of the molecule is C\C=C/C=C\C(N)=C(/C)CC. The molecule has 1 heteroatoms. The van der Waals surface area contributed by atoms with Crippen molar-refractivity contribution in [3.8, 4) is 0 Å². The molecule has 0 bridgehead atoms. The third kappa shape index (κ3) is 4.43. The van der Waals surface area contributed by atoms with Crippen LogP contribution in [0.4, 0.5) is 0 Å². The van der Waals surface area contributed by atoms with Crippen LogP contribution in [0.1, 0.15) is 27.2 Å². The van der Waals surface area contributed by atoms with Crippen LogP contribution in [0, 0.1) is 0 Å². The zero-order valence-electron chi connectivity index (χ0n) is 7.59. The highest BCUT2D eigenvalue weighted by Crippen LogP contribution is 2.03. The van der Waals surface area contributed by atoms with Crippen molar-refractivity contribution in [2.24, 2.45) is 5.73 Å². The fraction of sp³-hybridized carbons (Fsp3) is 0.400. The summed E-state index contributed by atoms with van der Waals surface area (Å²) in [6.07, 6.45) is 8.85. The average Bonchev–Trinajstić information content (AvgIpc) is 2.03. The molecular formula is C10H17N. The molecule has 0 spiro atoms. The lowest BCUT2D eigenvalue weighted by Gasteiger charge is -1.97. The zero-order chi connectivity index (χ0) is 8.69. The molecule has 0 saturated heterocycles. The minimum Gasteiger partial charge on any atom is -0.399 e. The summed E-state index contributed by atoms with van der Waals surface area (Å²) in [4.78, 5) is 0. The van der Waals surface area contributed by atoms with E-state index in [1.807, 2.05) is 31.2 Å². The van der Waals surface area contributed by atoms with Gasteiger partial charge >= 0.3 is 0 Å². The lowest BCUT2D eigenvalue weighted by atomic mass is 10.2. The summed E-state index contributed by atoms with van der Waals surface area (Å²) in [5.74, 6) is 0. The highest BCUT2D eigenvalue weighted by molar-refractivity contribution is 5.23. The Kier molecular flexibility index (Phi) is 5.26. The Morgan fingerprint density at radius 3 is 2.45 bits per heavy atom. The van der Waals surface area contributed by atoms with Crippen molar-refractivity contribution < 1.29 is 0 Å². The zero-order valence-corrected chi connectivity index (χ0v) is 7.59. The van der Waals surface area contributed by atoms with Gasteiger partial charge in [0.15, 0.2) is 0 Å². The summed E-state index contributed by atoms with van der Waals surface area (Å²) >= 11 is 0. The largest absolute Gasteiger partial charge is 0.399 e. The van der Waals surface area contributed by atoms with E-state index in [1.165, 1.54) is 5.57 Å². The summed E-state index contributed by atoms with van der Waals surface area (Å²) in [5.41, 5.74) is 7.85. The lowest BCUT2D eigenvalue weighted by molar-refractivity contribution is 1.06.